The van der Waals surface area contributed by atoms with Crippen molar-refractivity contribution in [3.63, 3.8) is 0 Å². The van der Waals surface area contributed by atoms with E-state index in [1.165, 1.54) is 6.08 Å². The van der Waals surface area contributed by atoms with E-state index in [-0.39, 0.29) is 24.6 Å². The first-order chi connectivity index (χ1) is 19.2. The lowest BCUT2D eigenvalue weighted by Crippen LogP contribution is -2.25. The molecule has 0 saturated carbocycles. The minimum absolute atomic E-state index is 0.0354. The fourth-order valence-electron chi connectivity index (χ4n) is 3.76. The van der Waals surface area contributed by atoms with Crippen molar-refractivity contribution in [1.82, 2.24) is 15.6 Å². The smallest absolute Gasteiger partial charge is 0.303 e. The number of rotatable bonds is 15. The number of hydrogen-bond acceptors (Lipinski definition) is 8. The number of hydrogen-bond donors (Lipinski definition) is 4. The molecule has 0 atom stereocenters. The number of aromatic nitrogens is 1. The van der Waals surface area contributed by atoms with Crippen LogP contribution in [-0.4, -0.2) is 41.3 Å². The molecule has 0 radical (unpaired) electrons. The van der Waals surface area contributed by atoms with Gasteiger partial charge in [-0.05, 0) is 61.7 Å². The zero-order valence-corrected chi connectivity index (χ0v) is 23.7. The van der Waals surface area contributed by atoms with Crippen LogP contribution in [0.3, 0.4) is 0 Å². The third kappa shape index (κ3) is 9.16. The molecule has 40 heavy (non-hydrogen) atoms. The predicted octanol–water partition coefficient (Wildman–Crippen LogP) is 5.25. The average molecular weight is 563 g/mol. The number of carboxylic acid groups (broad SMARTS) is 1. The van der Waals surface area contributed by atoms with Crippen molar-refractivity contribution < 1.29 is 23.8 Å². The van der Waals surface area contributed by atoms with Gasteiger partial charge in [-0.15, -0.1) is 0 Å². The minimum Gasteiger partial charge on any atom is -0.493 e. The SMILES string of the molecule is C=C(NC)S/C(=C\C(C)=N)C(=O)NCc1cc(OCCc2nc(-c3ccccc3)oc2C)ccc1CCC(=O)O. The van der Waals surface area contributed by atoms with Crippen molar-refractivity contribution in [2.24, 2.45) is 0 Å². The molecule has 210 valence electrons. The van der Waals surface area contributed by atoms with Gasteiger partial charge in [0.2, 0.25) is 5.89 Å². The van der Waals surface area contributed by atoms with Crippen LogP contribution < -0.4 is 15.4 Å². The van der Waals surface area contributed by atoms with Crippen molar-refractivity contribution in [2.75, 3.05) is 13.7 Å². The van der Waals surface area contributed by atoms with Gasteiger partial charge >= 0.3 is 5.97 Å². The highest BCUT2D eigenvalue weighted by Crippen LogP contribution is 2.25. The molecule has 0 unspecified atom stereocenters. The number of carbonyl (C=O) groups is 2. The topological polar surface area (TPSA) is 138 Å². The molecule has 1 amide bonds. The molecule has 0 aliphatic heterocycles. The molecule has 0 bridgehead atoms. The lowest BCUT2D eigenvalue weighted by atomic mass is 10.0. The van der Waals surface area contributed by atoms with Crippen molar-refractivity contribution in [3.05, 3.63) is 93.7 Å². The van der Waals surface area contributed by atoms with Crippen molar-refractivity contribution >= 4 is 29.4 Å². The van der Waals surface area contributed by atoms with Crippen molar-refractivity contribution in [2.45, 2.75) is 39.7 Å². The summed E-state index contributed by atoms with van der Waals surface area (Å²) in [6.07, 6.45) is 2.29. The predicted molar refractivity (Wildman–Crippen MR) is 157 cm³/mol. The summed E-state index contributed by atoms with van der Waals surface area (Å²) in [7, 11) is 1.70. The Morgan fingerprint density at radius 1 is 1.18 bits per heavy atom. The van der Waals surface area contributed by atoms with Gasteiger partial charge in [-0.2, -0.15) is 0 Å². The highest BCUT2D eigenvalue weighted by Gasteiger charge is 2.15. The van der Waals surface area contributed by atoms with Crippen LogP contribution in [0.4, 0.5) is 0 Å². The van der Waals surface area contributed by atoms with Crippen LogP contribution in [0.15, 0.2) is 75.5 Å². The van der Waals surface area contributed by atoms with Crippen LogP contribution in [0.2, 0.25) is 0 Å². The molecule has 2 aromatic carbocycles. The third-order valence-electron chi connectivity index (χ3n) is 5.83. The van der Waals surface area contributed by atoms with Crippen molar-refractivity contribution in [3.8, 4) is 17.2 Å². The summed E-state index contributed by atoms with van der Waals surface area (Å²) in [5, 5.41) is 23.3. The van der Waals surface area contributed by atoms with Crippen molar-refractivity contribution in [1.29, 1.82) is 5.41 Å². The second kappa shape index (κ2) is 14.7. The standard InChI is InChI=1S/C30H34N4O5S/c1-19(31)16-27(40-21(3)32-4)29(37)33-18-24-17-25(12-10-22(24)11-13-28(35)36)38-15-14-26-20(2)39-30(34-26)23-8-6-5-7-9-23/h5-10,12,16-17,31-32H,3,11,13-15,18H2,1-2,4H3,(H,33,37)(H,35,36)/b27-16-,31-19?. The van der Waals surface area contributed by atoms with Gasteiger partial charge in [-0.1, -0.05) is 42.6 Å². The number of carbonyl (C=O) groups excluding carboxylic acids is 1. The first kappa shape index (κ1) is 30.2. The summed E-state index contributed by atoms with van der Waals surface area (Å²) in [4.78, 5) is 29.0. The zero-order chi connectivity index (χ0) is 29.1. The maximum Gasteiger partial charge on any atom is 0.303 e. The summed E-state index contributed by atoms with van der Waals surface area (Å²) in [6.45, 7) is 7.82. The van der Waals surface area contributed by atoms with Gasteiger partial charge in [0, 0.05) is 37.7 Å². The first-order valence-electron chi connectivity index (χ1n) is 12.7. The molecule has 0 saturated heterocycles. The number of thioether (sulfide) groups is 1. The Labute approximate surface area is 238 Å². The molecule has 1 aromatic heterocycles. The molecule has 0 aliphatic rings. The van der Waals surface area contributed by atoms with E-state index in [2.05, 4.69) is 22.2 Å². The van der Waals surface area contributed by atoms with Crippen LogP contribution in [0.1, 0.15) is 35.9 Å². The first-order valence-corrected chi connectivity index (χ1v) is 13.6. The van der Waals surface area contributed by atoms with Gasteiger partial charge in [0.1, 0.15) is 11.5 Å². The highest BCUT2D eigenvalue weighted by molar-refractivity contribution is 8.07. The minimum atomic E-state index is -0.901. The van der Waals surface area contributed by atoms with Gasteiger partial charge in [-0.3, -0.25) is 9.59 Å². The molecule has 9 nitrogen and oxygen atoms in total. The lowest BCUT2D eigenvalue weighted by Gasteiger charge is -2.14. The van der Waals surface area contributed by atoms with E-state index in [9.17, 15) is 14.7 Å². The number of aliphatic carboxylic acids is 1. The fourth-order valence-corrected chi connectivity index (χ4v) is 4.52. The monoisotopic (exact) mass is 562 g/mol. The normalized spacial score (nSPS) is 11.1. The van der Waals surface area contributed by atoms with Crippen LogP contribution in [0.25, 0.3) is 11.5 Å². The lowest BCUT2D eigenvalue weighted by molar-refractivity contribution is -0.137. The number of amides is 1. The number of oxazole rings is 1. The van der Waals surface area contributed by atoms with E-state index < -0.39 is 5.97 Å². The largest absolute Gasteiger partial charge is 0.493 e. The number of aryl methyl sites for hydroxylation is 2. The third-order valence-corrected chi connectivity index (χ3v) is 6.80. The maximum atomic E-state index is 12.9. The molecule has 0 fully saturated rings. The Morgan fingerprint density at radius 3 is 2.60 bits per heavy atom. The van der Waals surface area contributed by atoms with Crippen LogP contribution in [0, 0.1) is 12.3 Å². The molecule has 1 heterocycles. The molecule has 0 aliphatic carbocycles. The number of nitrogens with zero attached hydrogens (tertiary/aromatic N) is 1. The van der Waals surface area contributed by atoms with E-state index in [1.54, 1.807) is 20.0 Å². The second-order valence-electron chi connectivity index (χ2n) is 8.96. The fraction of sp³-hybridized carbons (Fsp3) is 0.267. The Kier molecular flexibility index (Phi) is 11.1. The van der Waals surface area contributed by atoms with Crippen LogP contribution in [-0.2, 0) is 29.0 Å². The number of nitrogens with one attached hydrogen (secondary N) is 3. The average Bonchev–Trinajstić information content (AvgIpc) is 3.30. The Hall–Kier alpha value is -4.31. The molecule has 0 spiro atoms. The van der Waals surface area contributed by atoms with Gasteiger partial charge < -0.3 is 30.3 Å². The number of allylic oxidation sites excluding steroid dienone is 1. The molecular weight excluding hydrogens is 528 g/mol. The highest BCUT2D eigenvalue weighted by atomic mass is 32.2. The summed E-state index contributed by atoms with van der Waals surface area (Å²) in [5.74, 6) is 0.632. The van der Waals surface area contributed by atoms with E-state index >= 15 is 0 Å². The van der Waals surface area contributed by atoms with Gasteiger partial charge in [0.25, 0.3) is 5.91 Å². The quantitative estimate of drug-likeness (QED) is 0.146. The maximum absolute atomic E-state index is 12.9. The molecular formula is C30H34N4O5S. The number of carboxylic acids is 1. The summed E-state index contributed by atoms with van der Waals surface area (Å²) in [6, 6.07) is 15.1. The van der Waals surface area contributed by atoms with Crippen LogP contribution >= 0.6 is 11.8 Å². The molecule has 10 heteroatoms. The Bertz CT molecular complexity index is 1400. The van der Waals surface area contributed by atoms with Gasteiger partial charge in [0.05, 0.1) is 22.2 Å². The van der Waals surface area contributed by atoms with E-state index in [0.717, 1.165) is 39.9 Å². The van der Waals surface area contributed by atoms with Gasteiger partial charge in [0.15, 0.2) is 0 Å². The Morgan fingerprint density at radius 2 is 1.93 bits per heavy atom. The Balaban J connectivity index is 1.70. The number of benzene rings is 2. The summed E-state index contributed by atoms with van der Waals surface area (Å²) in [5.41, 5.74) is 3.50. The molecule has 3 rings (SSSR count). The van der Waals surface area contributed by atoms with E-state index in [0.29, 0.717) is 41.0 Å². The van der Waals surface area contributed by atoms with E-state index in [4.69, 9.17) is 14.6 Å². The number of ether oxygens (including phenoxy) is 1. The molecule has 4 N–H and O–H groups in total. The molecule has 3 aromatic rings. The second-order valence-corrected chi connectivity index (χ2v) is 10.1. The summed E-state index contributed by atoms with van der Waals surface area (Å²) >= 11 is 1.13. The van der Waals surface area contributed by atoms with Crippen LogP contribution in [0.5, 0.6) is 5.75 Å². The van der Waals surface area contributed by atoms with E-state index in [1.807, 2.05) is 49.4 Å². The summed E-state index contributed by atoms with van der Waals surface area (Å²) < 4.78 is 11.8. The van der Waals surface area contributed by atoms with Gasteiger partial charge in [-0.25, -0.2) is 4.98 Å². The zero-order valence-electron chi connectivity index (χ0n) is 22.9.